The molecule has 0 unspecified atom stereocenters. The zero-order chi connectivity index (χ0) is 20.1. The van der Waals surface area contributed by atoms with Crippen molar-refractivity contribution in [2.75, 3.05) is 32.7 Å². The van der Waals surface area contributed by atoms with Gasteiger partial charge in [-0.05, 0) is 36.2 Å². The second-order valence-electron chi connectivity index (χ2n) is 6.19. The van der Waals surface area contributed by atoms with E-state index in [4.69, 9.17) is 21.1 Å². The molecule has 0 saturated heterocycles. The highest BCUT2D eigenvalue weighted by Crippen LogP contribution is 2.33. The van der Waals surface area contributed by atoms with E-state index in [2.05, 4.69) is 5.32 Å². The summed E-state index contributed by atoms with van der Waals surface area (Å²) in [5.41, 5.74) is 1.75. The molecule has 0 aliphatic carbocycles. The van der Waals surface area contributed by atoms with Crippen LogP contribution in [-0.4, -0.2) is 44.1 Å². The summed E-state index contributed by atoms with van der Waals surface area (Å²) in [5, 5.41) is 3.66. The van der Waals surface area contributed by atoms with Crippen LogP contribution in [0.2, 0.25) is 5.02 Å². The van der Waals surface area contributed by atoms with Crippen LogP contribution in [0.1, 0.15) is 12.0 Å². The van der Waals surface area contributed by atoms with Crippen molar-refractivity contribution in [1.29, 1.82) is 0 Å². The molecule has 2 aromatic rings. The first-order chi connectivity index (χ1) is 13.6. The first-order valence-electron chi connectivity index (χ1n) is 8.82. The smallest absolute Gasteiger partial charge is 0.278 e. The second-order valence-corrected chi connectivity index (χ2v) is 6.63. The Balaban J connectivity index is 2.01. The number of amides is 2. The van der Waals surface area contributed by atoms with E-state index in [1.807, 2.05) is 12.1 Å². The Labute approximate surface area is 168 Å². The van der Waals surface area contributed by atoms with Gasteiger partial charge < -0.3 is 14.8 Å². The summed E-state index contributed by atoms with van der Waals surface area (Å²) < 4.78 is 10.4. The van der Waals surface area contributed by atoms with Crippen molar-refractivity contribution in [3.8, 4) is 5.75 Å². The zero-order valence-corrected chi connectivity index (χ0v) is 16.5. The number of hydrogen-bond acceptors (Lipinski definition) is 5. The van der Waals surface area contributed by atoms with E-state index in [1.165, 1.54) is 4.90 Å². The third kappa shape index (κ3) is 4.03. The molecule has 2 aromatic carbocycles. The summed E-state index contributed by atoms with van der Waals surface area (Å²) in [4.78, 5) is 27.3. The minimum Gasteiger partial charge on any atom is -0.495 e. The van der Waals surface area contributed by atoms with Crippen LogP contribution in [0.3, 0.4) is 0 Å². The largest absolute Gasteiger partial charge is 0.495 e. The minimum atomic E-state index is -0.378. The SMILES string of the molecule is COCCCN1C(=O)C(Nc2ccccc2OC)=C(c2ccc(Cl)cc2)C1=O. The van der Waals surface area contributed by atoms with Gasteiger partial charge in [-0.3, -0.25) is 14.5 Å². The summed E-state index contributed by atoms with van der Waals surface area (Å²) in [6, 6.07) is 14.1. The Morgan fingerprint density at radius 1 is 1.00 bits per heavy atom. The van der Waals surface area contributed by atoms with Gasteiger partial charge in [0.15, 0.2) is 0 Å². The van der Waals surface area contributed by atoms with Gasteiger partial charge in [0.05, 0.1) is 18.4 Å². The van der Waals surface area contributed by atoms with Gasteiger partial charge in [-0.15, -0.1) is 0 Å². The van der Waals surface area contributed by atoms with Crippen LogP contribution in [0.25, 0.3) is 5.57 Å². The molecular formula is C21H21ClN2O4. The molecule has 0 fully saturated rings. The molecule has 0 aromatic heterocycles. The van der Waals surface area contributed by atoms with Gasteiger partial charge in [-0.2, -0.15) is 0 Å². The Bertz CT molecular complexity index is 909. The average molecular weight is 401 g/mol. The fourth-order valence-corrected chi connectivity index (χ4v) is 3.16. The number of carbonyl (C=O) groups is 2. The number of para-hydroxylation sites is 2. The van der Waals surface area contributed by atoms with E-state index in [0.29, 0.717) is 40.6 Å². The number of anilines is 1. The molecule has 6 nitrogen and oxygen atoms in total. The minimum absolute atomic E-state index is 0.217. The van der Waals surface area contributed by atoms with Crippen molar-refractivity contribution in [1.82, 2.24) is 4.90 Å². The Morgan fingerprint density at radius 3 is 2.39 bits per heavy atom. The highest BCUT2D eigenvalue weighted by Gasteiger charge is 2.39. The molecule has 0 saturated carbocycles. The lowest BCUT2D eigenvalue weighted by Gasteiger charge is -2.15. The average Bonchev–Trinajstić information content (AvgIpc) is 2.93. The highest BCUT2D eigenvalue weighted by molar-refractivity contribution is 6.37. The van der Waals surface area contributed by atoms with E-state index < -0.39 is 0 Å². The van der Waals surface area contributed by atoms with Gasteiger partial charge in [0, 0.05) is 25.3 Å². The Hall–Kier alpha value is -2.83. The number of imide groups is 1. The lowest BCUT2D eigenvalue weighted by molar-refractivity contribution is -0.136. The molecule has 1 heterocycles. The molecule has 3 rings (SSSR count). The molecular weight excluding hydrogens is 380 g/mol. The number of hydrogen-bond donors (Lipinski definition) is 1. The van der Waals surface area contributed by atoms with Crippen LogP contribution in [-0.2, 0) is 14.3 Å². The quantitative estimate of drug-likeness (QED) is 0.542. The Morgan fingerprint density at radius 2 is 1.71 bits per heavy atom. The van der Waals surface area contributed by atoms with Crippen LogP contribution >= 0.6 is 11.6 Å². The summed E-state index contributed by atoms with van der Waals surface area (Å²) in [6.07, 6.45) is 0.559. The summed E-state index contributed by atoms with van der Waals surface area (Å²) >= 11 is 5.98. The maximum Gasteiger partial charge on any atom is 0.278 e. The van der Waals surface area contributed by atoms with Gasteiger partial charge >= 0.3 is 0 Å². The van der Waals surface area contributed by atoms with E-state index in [0.717, 1.165) is 0 Å². The third-order valence-corrected chi connectivity index (χ3v) is 4.65. The predicted octanol–water partition coefficient (Wildman–Crippen LogP) is 3.58. The fraction of sp³-hybridized carbons (Fsp3) is 0.238. The molecule has 7 heteroatoms. The van der Waals surface area contributed by atoms with Crippen molar-refractivity contribution in [2.45, 2.75) is 6.42 Å². The van der Waals surface area contributed by atoms with Gasteiger partial charge in [0.2, 0.25) is 0 Å². The lowest BCUT2D eigenvalue weighted by atomic mass is 10.0. The summed E-state index contributed by atoms with van der Waals surface area (Å²) in [5.74, 6) is -0.152. The maximum atomic E-state index is 13.1. The van der Waals surface area contributed by atoms with Crippen molar-refractivity contribution in [3.05, 3.63) is 64.8 Å². The molecule has 0 bridgehead atoms. The molecule has 0 spiro atoms. The topological polar surface area (TPSA) is 67.9 Å². The molecule has 28 heavy (non-hydrogen) atoms. The van der Waals surface area contributed by atoms with E-state index in [1.54, 1.807) is 50.6 Å². The van der Waals surface area contributed by atoms with Gasteiger partial charge in [-0.25, -0.2) is 0 Å². The van der Waals surface area contributed by atoms with Crippen LogP contribution < -0.4 is 10.1 Å². The van der Waals surface area contributed by atoms with Crippen molar-refractivity contribution >= 4 is 34.7 Å². The number of ether oxygens (including phenoxy) is 2. The van der Waals surface area contributed by atoms with Gasteiger partial charge in [0.25, 0.3) is 11.8 Å². The van der Waals surface area contributed by atoms with Crippen LogP contribution in [0.5, 0.6) is 5.75 Å². The standard InChI is InChI=1S/C21H21ClN2O4/c1-27-13-5-12-24-20(25)18(14-8-10-15(22)11-9-14)19(21(24)26)23-16-6-3-4-7-17(16)28-2/h3-4,6-11,23H,5,12-13H2,1-2H3. The first-order valence-corrected chi connectivity index (χ1v) is 9.20. The molecule has 1 N–H and O–H groups in total. The van der Waals surface area contributed by atoms with Crippen molar-refractivity contribution < 1.29 is 19.1 Å². The predicted molar refractivity (Wildman–Crippen MR) is 108 cm³/mol. The summed E-state index contributed by atoms with van der Waals surface area (Å²) in [6.45, 7) is 0.738. The molecule has 0 radical (unpaired) electrons. The number of carbonyl (C=O) groups excluding carboxylic acids is 2. The summed E-state index contributed by atoms with van der Waals surface area (Å²) in [7, 11) is 3.13. The maximum absolute atomic E-state index is 13.1. The lowest BCUT2D eigenvalue weighted by Crippen LogP contribution is -2.33. The second kappa shape index (κ2) is 8.91. The van der Waals surface area contributed by atoms with Gasteiger partial charge in [0.1, 0.15) is 11.4 Å². The fourth-order valence-electron chi connectivity index (χ4n) is 3.03. The van der Waals surface area contributed by atoms with Crippen molar-refractivity contribution in [3.63, 3.8) is 0 Å². The molecule has 146 valence electrons. The number of benzene rings is 2. The Kier molecular flexibility index (Phi) is 6.34. The third-order valence-electron chi connectivity index (χ3n) is 4.40. The highest BCUT2D eigenvalue weighted by atomic mass is 35.5. The monoisotopic (exact) mass is 400 g/mol. The number of nitrogens with zero attached hydrogens (tertiary/aromatic N) is 1. The van der Waals surface area contributed by atoms with Crippen molar-refractivity contribution in [2.24, 2.45) is 0 Å². The number of nitrogens with one attached hydrogen (secondary N) is 1. The van der Waals surface area contributed by atoms with E-state index in [-0.39, 0.29) is 24.1 Å². The number of methoxy groups -OCH3 is 2. The van der Waals surface area contributed by atoms with E-state index >= 15 is 0 Å². The molecule has 1 aliphatic rings. The number of rotatable bonds is 8. The normalized spacial score (nSPS) is 14.0. The van der Waals surface area contributed by atoms with Crippen LogP contribution in [0, 0.1) is 0 Å². The first kappa shape index (κ1) is 19.9. The zero-order valence-electron chi connectivity index (χ0n) is 15.7. The van der Waals surface area contributed by atoms with E-state index in [9.17, 15) is 9.59 Å². The van der Waals surface area contributed by atoms with Crippen LogP contribution in [0.4, 0.5) is 5.69 Å². The van der Waals surface area contributed by atoms with Crippen LogP contribution in [0.15, 0.2) is 54.2 Å². The van der Waals surface area contributed by atoms with Gasteiger partial charge in [-0.1, -0.05) is 35.9 Å². The molecule has 0 atom stereocenters. The number of halogens is 1. The molecule has 2 amide bonds. The molecule has 1 aliphatic heterocycles.